The third-order valence-electron chi connectivity index (χ3n) is 5.77. The highest BCUT2D eigenvalue weighted by Crippen LogP contribution is 2.51. The number of benzene rings is 2. The van der Waals surface area contributed by atoms with E-state index in [1.165, 1.54) is 30.4 Å². The Labute approximate surface area is 170 Å². The van der Waals surface area contributed by atoms with E-state index in [2.05, 4.69) is 79.3 Å². The summed E-state index contributed by atoms with van der Waals surface area (Å²) in [5.74, 6) is 1.03. The quantitative estimate of drug-likeness (QED) is 0.475. The first-order valence-corrected chi connectivity index (χ1v) is 10.8. The van der Waals surface area contributed by atoms with Crippen LogP contribution >= 0.6 is 31.9 Å². The van der Waals surface area contributed by atoms with Crippen molar-refractivity contribution in [2.45, 2.75) is 50.3 Å². The van der Waals surface area contributed by atoms with Gasteiger partial charge in [0, 0.05) is 33.8 Å². The minimum atomic E-state index is -0.277. The van der Waals surface area contributed by atoms with E-state index in [9.17, 15) is 0 Å². The summed E-state index contributed by atoms with van der Waals surface area (Å²) >= 11 is 7.15. The molecule has 5 heteroatoms. The summed E-state index contributed by atoms with van der Waals surface area (Å²) in [7, 11) is 0. The molecule has 1 fully saturated rings. The molecule has 0 N–H and O–H groups in total. The van der Waals surface area contributed by atoms with Crippen molar-refractivity contribution in [3.8, 4) is 5.75 Å². The largest absolute Gasteiger partial charge is 0.466 e. The maximum atomic E-state index is 6.62. The number of ether oxygens (including phenoxy) is 1. The fraction of sp³-hybridized carbons (Fsp3) is 0.381. The van der Waals surface area contributed by atoms with E-state index in [-0.39, 0.29) is 11.8 Å². The van der Waals surface area contributed by atoms with Crippen LogP contribution in [0.2, 0.25) is 0 Å². The van der Waals surface area contributed by atoms with E-state index >= 15 is 0 Å². The zero-order valence-corrected chi connectivity index (χ0v) is 17.6. The molecule has 1 spiro atoms. The number of hydrazone groups is 1. The van der Waals surface area contributed by atoms with Crippen LogP contribution in [0, 0.1) is 0 Å². The van der Waals surface area contributed by atoms with Gasteiger partial charge in [0.25, 0.3) is 0 Å². The molecule has 2 aromatic carbocycles. The number of hydrogen-bond donors (Lipinski definition) is 0. The summed E-state index contributed by atoms with van der Waals surface area (Å²) < 4.78 is 8.81. The van der Waals surface area contributed by atoms with Gasteiger partial charge in [0.15, 0.2) is 5.72 Å². The molecule has 134 valence electrons. The molecule has 2 aromatic rings. The second kappa shape index (κ2) is 6.38. The van der Waals surface area contributed by atoms with Crippen LogP contribution in [0.5, 0.6) is 5.75 Å². The first-order chi connectivity index (χ1) is 12.6. The van der Waals surface area contributed by atoms with E-state index in [0.29, 0.717) is 0 Å². The fourth-order valence-corrected chi connectivity index (χ4v) is 5.15. The van der Waals surface area contributed by atoms with Gasteiger partial charge in [-0.3, -0.25) is 0 Å². The summed E-state index contributed by atoms with van der Waals surface area (Å²) in [6.07, 6.45) is 6.74. The predicted molar refractivity (Wildman–Crippen MR) is 110 cm³/mol. The summed E-state index contributed by atoms with van der Waals surface area (Å²) in [6, 6.07) is 15.1. The van der Waals surface area contributed by atoms with Gasteiger partial charge in [-0.2, -0.15) is 5.10 Å². The van der Waals surface area contributed by atoms with Crippen LogP contribution in [-0.4, -0.2) is 16.4 Å². The van der Waals surface area contributed by atoms with Crippen molar-refractivity contribution in [3.05, 3.63) is 62.5 Å². The maximum Gasteiger partial charge on any atom is 0.198 e. The Morgan fingerprint density at radius 3 is 2.46 bits per heavy atom. The molecule has 0 bridgehead atoms. The van der Waals surface area contributed by atoms with E-state index in [1.54, 1.807) is 0 Å². The van der Waals surface area contributed by atoms with Gasteiger partial charge < -0.3 is 4.74 Å². The second-order valence-electron chi connectivity index (χ2n) is 7.41. The Hall–Kier alpha value is -1.33. The van der Waals surface area contributed by atoms with E-state index in [0.717, 1.165) is 39.7 Å². The van der Waals surface area contributed by atoms with Crippen molar-refractivity contribution in [2.24, 2.45) is 5.10 Å². The lowest BCUT2D eigenvalue weighted by Crippen LogP contribution is -2.54. The summed E-state index contributed by atoms with van der Waals surface area (Å²) in [5.41, 5.74) is 3.32. The van der Waals surface area contributed by atoms with Gasteiger partial charge in [-0.1, -0.05) is 50.4 Å². The zero-order valence-electron chi connectivity index (χ0n) is 14.4. The highest BCUT2D eigenvalue weighted by Gasteiger charge is 2.50. The topological polar surface area (TPSA) is 24.8 Å². The highest BCUT2D eigenvalue weighted by molar-refractivity contribution is 9.10. The molecule has 1 atom stereocenters. The first-order valence-electron chi connectivity index (χ1n) is 9.26. The molecule has 0 saturated heterocycles. The van der Waals surface area contributed by atoms with Gasteiger partial charge in [0.05, 0.1) is 11.8 Å². The molecule has 1 saturated carbocycles. The molecule has 0 amide bonds. The van der Waals surface area contributed by atoms with Crippen LogP contribution in [-0.2, 0) is 0 Å². The predicted octanol–water partition coefficient (Wildman–Crippen LogP) is 6.42. The van der Waals surface area contributed by atoms with Crippen LogP contribution in [0.25, 0.3) is 0 Å². The molecule has 5 rings (SSSR count). The van der Waals surface area contributed by atoms with Crippen molar-refractivity contribution < 1.29 is 4.74 Å². The van der Waals surface area contributed by atoms with Crippen LogP contribution in [0.3, 0.4) is 0 Å². The monoisotopic (exact) mass is 474 g/mol. The van der Waals surface area contributed by atoms with Crippen molar-refractivity contribution in [3.63, 3.8) is 0 Å². The smallest absolute Gasteiger partial charge is 0.198 e. The number of nitrogens with zero attached hydrogens (tertiary/aromatic N) is 2. The summed E-state index contributed by atoms with van der Waals surface area (Å²) in [5, 5.41) is 7.40. The van der Waals surface area contributed by atoms with Crippen LogP contribution in [0.15, 0.2) is 56.5 Å². The maximum absolute atomic E-state index is 6.62. The summed E-state index contributed by atoms with van der Waals surface area (Å²) in [4.78, 5) is 0. The molecular formula is C21H20Br2N2O. The van der Waals surface area contributed by atoms with Gasteiger partial charge in [-0.25, -0.2) is 5.01 Å². The van der Waals surface area contributed by atoms with Crippen LogP contribution < -0.4 is 4.74 Å². The minimum Gasteiger partial charge on any atom is -0.466 e. The van der Waals surface area contributed by atoms with Crippen molar-refractivity contribution >= 4 is 37.6 Å². The average molecular weight is 476 g/mol. The van der Waals surface area contributed by atoms with Gasteiger partial charge >= 0.3 is 0 Å². The Kier molecular flexibility index (Phi) is 4.13. The lowest BCUT2D eigenvalue weighted by molar-refractivity contribution is -0.140. The summed E-state index contributed by atoms with van der Waals surface area (Å²) in [6.45, 7) is 0. The molecule has 1 unspecified atom stereocenters. The molecule has 0 aromatic heterocycles. The standard InChI is InChI=1S/C21H20Br2N2O/c22-15-6-4-14(5-7-15)18-13-19-17-12-16(23)8-9-20(17)26-21(25(19)24-18)10-2-1-3-11-21/h4-9,12,19H,1-3,10-11,13H2. The number of halogens is 2. The van der Waals surface area contributed by atoms with Crippen molar-refractivity contribution in [1.82, 2.24) is 5.01 Å². The van der Waals surface area contributed by atoms with E-state index < -0.39 is 0 Å². The molecule has 3 aliphatic rings. The Morgan fingerprint density at radius 1 is 0.962 bits per heavy atom. The zero-order chi connectivity index (χ0) is 17.7. The first kappa shape index (κ1) is 16.8. The minimum absolute atomic E-state index is 0.257. The molecule has 1 aliphatic carbocycles. The van der Waals surface area contributed by atoms with Gasteiger partial charge in [-0.05, 0) is 48.7 Å². The highest BCUT2D eigenvalue weighted by atomic mass is 79.9. The lowest BCUT2D eigenvalue weighted by Gasteiger charge is -2.49. The van der Waals surface area contributed by atoms with Crippen molar-refractivity contribution in [2.75, 3.05) is 0 Å². The van der Waals surface area contributed by atoms with Crippen LogP contribution in [0.4, 0.5) is 0 Å². The lowest BCUT2D eigenvalue weighted by atomic mass is 9.86. The fourth-order valence-electron chi connectivity index (χ4n) is 4.50. The third kappa shape index (κ3) is 2.71. The Balaban J connectivity index is 1.60. The Bertz CT molecular complexity index is 872. The molecule has 0 radical (unpaired) electrons. The second-order valence-corrected chi connectivity index (χ2v) is 9.24. The molecule has 2 heterocycles. The Morgan fingerprint density at radius 2 is 1.69 bits per heavy atom. The van der Waals surface area contributed by atoms with E-state index in [1.807, 2.05) is 0 Å². The average Bonchev–Trinajstić information content (AvgIpc) is 3.11. The van der Waals surface area contributed by atoms with Gasteiger partial charge in [0.1, 0.15) is 5.75 Å². The number of hydrogen-bond acceptors (Lipinski definition) is 3. The van der Waals surface area contributed by atoms with Crippen LogP contribution in [0.1, 0.15) is 55.7 Å². The number of fused-ring (bicyclic) bond motifs is 4. The van der Waals surface area contributed by atoms with Gasteiger partial charge in [0.2, 0.25) is 0 Å². The third-order valence-corrected chi connectivity index (χ3v) is 6.79. The number of rotatable bonds is 1. The molecule has 2 aliphatic heterocycles. The van der Waals surface area contributed by atoms with Crippen molar-refractivity contribution in [1.29, 1.82) is 0 Å². The molecular weight excluding hydrogens is 456 g/mol. The molecule has 3 nitrogen and oxygen atoms in total. The molecule has 26 heavy (non-hydrogen) atoms. The van der Waals surface area contributed by atoms with E-state index in [4.69, 9.17) is 9.84 Å². The van der Waals surface area contributed by atoms with Gasteiger partial charge in [-0.15, -0.1) is 0 Å². The normalized spacial score (nSPS) is 23.2. The SMILES string of the molecule is Brc1ccc(C2=NN3C(C2)c2cc(Br)ccc2OC32CCCCC2)cc1.